The first-order chi connectivity index (χ1) is 22.0. The van der Waals surface area contributed by atoms with Crippen molar-refractivity contribution in [2.75, 3.05) is 18.6 Å². The predicted molar refractivity (Wildman–Crippen MR) is 166 cm³/mol. The van der Waals surface area contributed by atoms with E-state index in [1.54, 1.807) is 22.9 Å². The second kappa shape index (κ2) is 12.2. The Bertz CT molecular complexity index is 1990. The van der Waals surface area contributed by atoms with Crippen LogP contribution in [0.25, 0.3) is 10.9 Å². The van der Waals surface area contributed by atoms with Gasteiger partial charge in [0.25, 0.3) is 11.8 Å². The van der Waals surface area contributed by atoms with Crippen molar-refractivity contribution in [2.45, 2.75) is 24.5 Å². The third-order valence-electron chi connectivity index (χ3n) is 7.44. The van der Waals surface area contributed by atoms with Crippen LogP contribution in [0.1, 0.15) is 17.0 Å². The normalized spacial score (nSPS) is 17.9. The molecule has 0 aliphatic carbocycles. The Morgan fingerprint density at radius 1 is 1.33 bits per heavy atom. The number of β-lactam (4-membered cyclic amide) rings is 1. The number of halogens is 1. The van der Waals surface area contributed by atoms with Crippen LogP contribution in [0.4, 0.5) is 9.52 Å². The molecule has 0 unspecified atom stereocenters. The first-order valence-electron chi connectivity index (χ1n) is 13.6. The number of anilines is 1. The number of nitrogen functional groups attached to an aromatic ring is 2. The molecule has 2 aliphatic rings. The molecule has 0 radical (unpaired) electrons. The average molecular weight is 666 g/mol. The van der Waals surface area contributed by atoms with Gasteiger partial charge >= 0.3 is 5.97 Å². The molecule has 5 heterocycles. The van der Waals surface area contributed by atoms with Crippen LogP contribution in [0.5, 0.6) is 0 Å². The molecule has 2 amide bonds. The van der Waals surface area contributed by atoms with Gasteiger partial charge in [-0.05, 0) is 12.1 Å². The van der Waals surface area contributed by atoms with Gasteiger partial charge in [-0.1, -0.05) is 17.3 Å². The number of benzene rings is 1. The number of thioether (sulfide) groups is 1. The fourth-order valence-electron chi connectivity index (χ4n) is 5.27. The molecular weight excluding hydrogens is 640 g/mol. The van der Waals surface area contributed by atoms with Crippen molar-refractivity contribution in [3.63, 3.8) is 0 Å². The molecule has 0 bridgehead atoms. The number of amidine groups is 1. The van der Waals surface area contributed by atoms with Crippen LogP contribution >= 0.6 is 23.3 Å². The summed E-state index contributed by atoms with van der Waals surface area (Å²) in [6.45, 7) is 0.392. The van der Waals surface area contributed by atoms with Crippen LogP contribution in [0.3, 0.4) is 0 Å². The van der Waals surface area contributed by atoms with Crippen molar-refractivity contribution in [2.24, 2.45) is 10.9 Å². The van der Waals surface area contributed by atoms with Crippen LogP contribution in [-0.4, -0.2) is 77.5 Å². The third kappa shape index (κ3) is 5.63. The van der Waals surface area contributed by atoms with Gasteiger partial charge in [0.05, 0.1) is 6.54 Å². The van der Waals surface area contributed by atoms with Gasteiger partial charge in [-0.2, -0.15) is 13.9 Å². The van der Waals surface area contributed by atoms with E-state index in [2.05, 4.69) is 19.8 Å². The fourth-order valence-corrected chi connectivity index (χ4v) is 7.04. The number of nitrogens with two attached hydrogens (primary N) is 2. The number of nitrogens with one attached hydrogen (secondary N) is 2. The minimum Gasteiger partial charge on any atom is -0.477 e. The number of fused-ring (bicyclic) bond motifs is 2. The number of amides is 2. The maximum absolute atomic E-state index is 14.8. The molecule has 2 aliphatic heterocycles. The minimum atomic E-state index is -1.27. The lowest BCUT2D eigenvalue weighted by Gasteiger charge is -2.49. The highest BCUT2D eigenvalue weighted by molar-refractivity contribution is 8.00. The zero-order valence-electron chi connectivity index (χ0n) is 24.0. The fraction of sp³-hybridized carbons (Fsp3) is 0.214. The Morgan fingerprint density at radius 3 is 2.80 bits per heavy atom. The molecule has 0 saturated carbocycles. The van der Waals surface area contributed by atoms with Gasteiger partial charge in [0.15, 0.2) is 24.1 Å². The smallest absolute Gasteiger partial charge is 0.352 e. The maximum Gasteiger partial charge on any atom is 0.352 e. The van der Waals surface area contributed by atoms with Gasteiger partial charge in [-0.25, -0.2) is 9.18 Å². The highest BCUT2D eigenvalue weighted by Gasteiger charge is 2.55. The number of nitrogens with zero attached hydrogens (tertiary/aromatic N) is 6. The Morgan fingerprint density at radius 2 is 2.13 bits per heavy atom. The minimum absolute atomic E-state index is 0.0636. The maximum atomic E-state index is 14.8. The standard InChI is InChI=1S/C28H25FN10O5S2/c1-44-35-19(23-34-28(32)46-36-23)24(40)33-20-25(41)39-21(27(42)43)16(12-45-26(20)39)9-37-6-4-13-5-7-38(18(13)11-37)10-15-3-2-14(22(30)31)8-17(15)29/h2-8,11,20,26H,9-10,12H2,1H3,(H6-,30,31,32,33,34,36,40,42,43)/p+1/b35-19-/t20-,26-/m1/s1. The predicted octanol–water partition coefficient (Wildman–Crippen LogP) is 0.623. The molecule has 15 nitrogen and oxygen atoms in total. The molecule has 1 saturated heterocycles. The van der Waals surface area contributed by atoms with E-state index >= 15 is 0 Å². The van der Waals surface area contributed by atoms with Gasteiger partial charge in [0.1, 0.15) is 41.4 Å². The van der Waals surface area contributed by atoms with Crippen molar-refractivity contribution in [1.29, 1.82) is 5.41 Å². The number of carbonyl (C=O) groups is 3. The molecule has 0 spiro atoms. The van der Waals surface area contributed by atoms with E-state index in [1.165, 1.54) is 29.8 Å². The summed E-state index contributed by atoms with van der Waals surface area (Å²) in [5.74, 6) is -3.11. The van der Waals surface area contributed by atoms with Crippen LogP contribution in [0, 0.1) is 11.2 Å². The number of rotatable bonds is 10. The Balaban J connectivity index is 1.21. The lowest BCUT2D eigenvalue weighted by molar-refractivity contribution is -0.687. The molecule has 3 aromatic heterocycles. The second-order valence-electron chi connectivity index (χ2n) is 10.3. The molecule has 7 N–H and O–H groups in total. The van der Waals surface area contributed by atoms with Crippen molar-refractivity contribution < 1.29 is 33.3 Å². The second-order valence-corrected chi connectivity index (χ2v) is 12.2. The van der Waals surface area contributed by atoms with Gasteiger partial charge in [0, 0.05) is 51.6 Å². The van der Waals surface area contributed by atoms with Crippen molar-refractivity contribution >= 4 is 68.7 Å². The number of pyridine rings is 1. The lowest BCUT2D eigenvalue weighted by Crippen LogP contribution is -2.71. The zero-order valence-corrected chi connectivity index (χ0v) is 25.6. The summed E-state index contributed by atoms with van der Waals surface area (Å²) in [5.41, 5.74) is 12.7. The number of oxime groups is 1. The van der Waals surface area contributed by atoms with Gasteiger partial charge in [0.2, 0.25) is 11.5 Å². The molecule has 2 atom stereocenters. The van der Waals surface area contributed by atoms with Crippen LogP contribution in [-0.2, 0) is 32.3 Å². The molecule has 1 aromatic carbocycles. The first-order valence-corrected chi connectivity index (χ1v) is 15.4. The zero-order chi connectivity index (χ0) is 32.7. The average Bonchev–Trinajstić information content (AvgIpc) is 3.64. The number of carboxylic acids is 1. The largest absolute Gasteiger partial charge is 0.477 e. The van der Waals surface area contributed by atoms with Crippen LogP contribution < -0.4 is 21.4 Å². The summed E-state index contributed by atoms with van der Waals surface area (Å²) in [5, 5.41) is 24.3. The highest BCUT2D eigenvalue weighted by atomic mass is 32.2. The van der Waals surface area contributed by atoms with Crippen molar-refractivity contribution in [3.8, 4) is 0 Å². The highest BCUT2D eigenvalue weighted by Crippen LogP contribution is 2.40. The summed E-state index contributed by atoms with van der Waals surface area (Å²) < 4.78 is 22.4. The summed E-state index contributed by atoms with van der Waals surface area (Å²) in [6, 6.07) is 7.15. The SMILES string of the molecule is CO/N=C(\C(=O)N[C@@H]1C(=O)N2C(C(=O)O)=C(C[n+]3ccc4ccn(Cc5ccc(C(=N)N)cc5F)c4c3)CS[C@H]12)c1nsc(N)n1. The Kier molecular flexibility index (Phi) is 8.13. The van der Waals surface area contributed by atoms with Crippen LogP contribution in [0.15, 0.2) is 65.3 Å². The summed E-state index contributed by atoms with van der Waals surface area (Å²) in [7, 11) is 1.24. The van der Waals surface area contributed by atoms with E-state index in [-0.39, 0.29) is 47.0 Å². The molecule has 46 heavy (non-hydrogen) atoms. The molecule has 18 heteroatoms. The number of aromatic nitrogens is 4. The van der Waals surface area contributed by atoms with Crippen LogP contribution in [0.2, 0.25) is 0 Å². The lowest BCUT2D eigenvalue weighted by atomic mass is 10.0. The first kappa shape index (κ1) is 30.7. The van der Waals surface area contributed by atoms with Crippen molar-refractivity contribution in [3.05, 3.63) is 83.0 Å². The van der Waals surface area contributed by atoms with Crippen molar-refractivity contribution in [1.82, 2.24) is 24.1 Å². The van der Waals surface area contributed by atoms with Gasteiger partial charge in [-0.3, -0.25) is 19.9 Å². The molecular formula is C28H26FN10O5S2+. The Labute approximate surface area is 268 Å². The monoisotopic (exact) mass is 665 g/mol. The van der Waals surface area contributed by atoms with Gasteiger partial charge in [-0.15, -0.1) is 11.8 Å². The third-order valence-corrected chi connectivity index (χ3v) is 9.32. The number of carboxylic acid groups (broad SMARTS) is 1. The summed E-state index contributed by atoms with van der Waals surface area (Å²) >= 11 is 2.18. The van der Waals surface area contributed by atoms with E-state index in [0.717, 1.165) is 22.4 Å². The van der Waals surface area contributed by atoms with Gasteiger partial charge < -0.3 is 31.3 Å². The van der Waals surface area contributed by atoms with E-state index in [4.69, 9.17) is 21.7 Å². The van der Waals surface area contributed by atoms with E-state index in [9.17, 15) is 23.9 Å². The number of hydrogen-bond donors (Lipinski definition) is 5. The molecule has 4 aromatic rings. The molecule has 6 rings (SSSR count). The number of aliphatic carboxylic acids is 1. The summed E-state index contributed by atoms with van der Waals surface area (Å²) in [4.78, 5) is 48.5. The quantitative estimate of drug-likeness (QED) is 0.0523. The molecule has 236 valence electrons. The topological polar surface area (TPSA) is 219 Å². The van der Waals surface area contributed by atoms with E-state index in [1.807, 2.05) is 29.1 Å². The molecule has 1 fully saturated rings. The number of carbonyl (C=O) groups excluding carboxylic acids is 2. The van der Waals surface area contributed by atoms with E-state index < -0.39 is 35.0 Å². The van der Waals surface area contributed by atoms with E-state index in [0.29, 0.717) is 16.7 Å². The Hall–Kier alpha value is -5.36. The summed E-state index contributed by atoms with van der Waals surface area (Å²) in [6.07, 6.45) is 5.46. The number of hydrogen-bond acceptors (Lipinski definition) is 11.